The Labute approximate surface area is 148 Å². The summed E-state index contributed by atoms with van der Waals surface area (Å²) in [5, 5.41) is 3.40. The first-order chi connectivity index (χ1) is 12.0. The Bertz CT molecular complexity index is 772. The molecule has 2 aromatic rings. The molecule has 1 unspecified atom stereocenters. The fourth-order valence-electron chi connectivity index (χ4n) is 2.79. The molecule has 25 heavy (non-hydrogen) atoms. The lowest BCUT2D eigenvalue weighted by Gasteiger charge is -2.06. The van der Waals surface area contributed by atoms with Gasteiger partial charge in [-0.2, -0.15) is 8.78 Å². The smallest absolute Gasteiger partial charge is 0.387 e. The second-order valence-electron chi connectivity index (χ2n) is 5.84. The molecule has 7 heteroatoms. The molecular formula is C18H18F2N2O2S. The highest BCUT2D eigenvalue weighted by Crippen LogP contribution is 2.32. The summed E-state index contributed by atoms with van der Waals surface area (Å²) in [4.78, 5) is 17.5. The minimum Gasteiger partial charge on any atom is -0.435 e. The lowest BCUT2D eigenvalue weighted by Crippen LogP contribution is -2.14. The van der Waals surface area contributed by atoms with Gasteiger partial charge >= 0.3 is 6.61 Å². The van der Waals surface area contributed by atoms with E-state index in [0.717, 1.165) is 29.0 Å². The van der Waals surface area contributed by atoms with Crippen molar-refractivity contribution in [2.45, 2.75) is 32.8 Å². The number of allylic oxidation sites excluding steroid dienone is 2. The Balaban J connectivity index is 1.67. The molecule has 4 nitrogen and oxygen atoms in total. The van der Waals surface area contributed by atoms with Crippen LogP contribution in [0.15, 0.2) is 36.4 Å². The van der Waals surface area contributed by atoms with Crippen LogP contribution in [-0.4, -0.2) is 17.5 Å². The van der Waals surface area contributed by atoms with Gasteiger partial charge in [-0.1, -0.05) is 12.2 Å². The van der Waals surface area contributed by atoms with Crippen molar-refractivity contribution >= 4 is 22.4 Å². The summed E-state index contributed by atoms with van der Waals surface area (Å²) >= 11 is 1.40. The number of carbonyl (C=O) groups excluding carboxylic acids is 1. The van der Waals surface area contributed by atoms with Crippen molar-refractivity contribution in [3.63, 3.8) is 0 Å². The average molecular weight is 364 g/mol. The predicted molar refractivity (Wildman–Crippen MR) is 94.0 cm³/mol. The SMILES string of the molecule is Cc1sc(NC(=O)CC2C=CCC2)nc1-c1ccc(OC(F)F)cc1. The van der Waals surface area contributed by atoms with Crippen molar-refractivity contribution in [3.8, 4) is 17.0 Å². The number of halogens is 2. The molecule has 0 saturated carbocycles. The van der Waals surface area contributed by atoms with E-state index in [1.54, 1.807) is 12.1 Å². The van der Waals surface area contributed by atoms with Crippen molar-refractivity contribution in [2.75, 3.05) is 5.32 Å². The number of hydrogen-bond donors (Lipinski definition) is 1. The van der Waals surface area contributed by atoms with E-state index in [4.69, 9.17) is 0 Å². The molecule has 3 rings (SSSR count). The largest absolute Gasteiger partial charge is 0.435 e. The van der Waals surface area contributed by atoms with E-state index in [1.165, 1.54) is 23.5 Å². The Hall–Kier alpha value is -2.28. The van der Waals surface area contributed by atoms with Crippen LogP contribution in [0.1, 0.15) is 24.1 Å². The molecule has 1 aliphatic rings. The number of nitrogens with zero attached hydrogens (tertiary/aromatic N) is 1. The third-order valence-electron chi connectivity index (χ3n) is 3.96. The van der Waals surface area contributed by atoms with Gasteiger partial charge in [0.2, 0.25) is 5.91 Å². The van der Waals surface area contributed by atoms with Crippen molar-refractivity contribution in [2.24, 2.45) is 5.92 Å². The maximum atomic E-state index is 12.2. The number of alkyl halides is 2. The second kappa shape index (κ2) is 7.74. The second-order valence-corrected chi connectivity index (χ2v) is 7.05. The summed E-state index contributed by atoms with van der Waals surface area (Å²) in [5.41, 5.74) is 1.51. The topological polar surface area (TPSA) is 51.2 Å². The van der Waals surface area contributed by atoms with Crippen molar-refractivity contribution in [3.05, 3.63) is 41.3 Å². The molecule has 0 bridgehead atoms. The normalized spacial score (nSPS) is 16.4. The number of anilines is 1. The lowest BCUT2D eigenvalue weighted by molar-refractivity contribution is -0.116. The van der Waals surface area contributed by atoms with Gasteiger partial charge in [0.1, 0.15) is 5.75 Å². The molecule has 0 saturated heterocycles. The fraction of sp³-hybridized carbons (Fsp3) is 0.333. The first-order valence-electron chi connectivity index (χ1n) is 8.00. The average Bonchev–Trinajstić information content (AvgIpc) is 3.17. The number of carbonyl (C=O) groups is 1. The summed E-state index contributed by atoms with van der Waals surface area (Å²) in [5.74, 6) is 0.366. The zero-order chi connectivity index (χ0) is 17.8. The van der Waals surface area contributed by atoms with Crippen LogP contribution in [0.4, 0.5) is 13.9 Å². The van der Waals surface area contributed by atoms with Crippen LogP contribution in [-0.2, 0) is 4.79 Å². The maximum absolute atomic E-state index is 12.2. The molecule has 0 aliphatic heterocycles. The van der Waals surface area contributed by atoms with Gasteiger partial charge in [-0.3, -0.25) is 4.79 Å². The van der Waals surface area contributed by atoms with Crippen LogP contribution >= 0.6 is 11.3 Å². The van der Waals surface area contributed by atoms with Gasteiger partial charge in [0.05, 0.1) is 5.69 Å². The molecule has 1 heterocycles. The zero-order valence-electron chi connectivity index (χ0n) is 13.7. The number of aryl methyl sites for hydroxylation is 1. The summed E-state index contributed by atoms with van der Waals surface area (Å²) < 4.78 is 28.7. The molecule has 1 atom stereocenters. The summed E-state index contributed by atoms with van der Waals surface area (Å²) in [7, 11) is 0. The summed E-state index contributed by atoms with van der Waals surface area (Å²) in [6.45, 7) is -0.935. The van der Waals surface area contributed by atoms with E-state index in [9.17, 15) is 13.6 Å². The Morgan fingerprint density at radius 1 is 1.40 bits per heavy atom. The first kappa shape index (κ1) is 17.5. The molecule has 1 aromatic carbocycles. The van der Waals surface area contributed by atoms with Gasteiger partial charge < -0.3 is 10.1 Å². The molecule has 0 fully saturated rings. The fourth-order valence-corrected chi connectivity index (χ4v) is 3.64. The van der Waals surface area contributed by atoms with E-state index in [0.29, 0.717) is 17.5 Å². The Kier molecular flexibility index (Phi) is 5.43. The van der Waals surface area contributed by atoms with Crippen LogP contribution in [0.3, 0.4) is 0 Å². The molecular weight excluding hydrogens is 346 g/mol. The van der Waals surface area contributed by atoms with E-state index in [1.807, 2.05) is 6.92 Å². The maximum Gasteiger partial charge on any atom is 0.387 e. The molecule has 1 amide bonds. The lowest BCUT2D eigenvalue weighted by atomic mass is 10.1. The molecule has 1 N–H and O–H groups in total. The monoisotopic (exact) mass is 364 g/mol. The minimum absolute atomic E-state index is 0.0440. The number of nitrogens with one attached hydrogen (secondary N) is 1. The third-order valence-corrected chi connectivity index (χ3v) is 4.84. The standard InChI is InChI=1S/C18H18F2N2O2S/c1-11-16(13-6-8-14(9-7-13)24-17(19)20)22-18(25-11)21-15(23)10-12-4-2-3-5-12/h2,4,6-9,12,17H,3,5,10H2,1H3,(H,21,22,23). The highest BCUT2D eigenvalue weighted by molar-refractivity contribution is 7.16. The van der Waals surface area contributed by atoms with Crippen LogP contribution in [0.25, 0.3) is 11.3 Å². The number of ether oxygens (including phenoxy) is 1. The van der Waals surface area contributed by atoms with E-state index >= 15 is 0 Å². The summed E-state index contributed by atoms with van der Waals surface area (Å²) in [6, 6.07) is 6.30. The molecule has 1 aromatic heterocycles. The summed E-state index contributed by atoms with van der Waals surface area (Å²) in [6.07, 6.45) is 6.70. The van der Waals surface area contributed by atoms with Crippen LogP contribution < -0.4 is 10.1 Å². The predicted octanol–water partition coefficient (Wildman–Crippen LogP) is 5.01. The zero-order valence-corrected chi connectivity index (χ0v) is 14.5. The Morgan fingerprint density at radius 3 is 2.80 bits per heavy atom. The molecule has 0 spiro atoms. The van der Waals surface area contributed by atoms with E-state index in [-0.39, 0.29) is 11.7 Å². The highest BCUT2D eigenvalue weighted by atomic mass is 32.1. The Morgan fingerprint density at radius 2 is 2.16 bits per heavy atom. The molecule has 132 valence electrons. The molecule has 1 aliphatic carbocycles. The first-order valence-corrected chi connectivity index (χ1v) is 8.82. The number of aromatic nitrogens is 1. The molecule has 0 radical (unpaired) electrons. The van der Waals surface area contributed by atoms with E-state index in [2.05, 4.69) is 27.2 Å². The van der Waals surface area contributed by atoms with Gasteiger partial charge in [0.15, 0.2) is 5.13 Å². The van der Waals surface area contributed by atoms with Gasteiger partial charge in [-0.15, -0.1) is 11.3 Å². The highest BCUT2D eigenvalue weighted by Gasteiger charge is 2.16. The van der Waals surface area contributed by atoms with Crippen molar-refractivity contribution in [1.29, 1.82) is 0 Å². The van der Waals surface area contributed by atoms with Crippen molar-refractivity contribution < 1.29 is 18.3 Å². The van der Waals surface area contributed by atoms with Gasteiger partial charge in [0, 0.05) is 16.9 Å². The van der Waals surface area contributed by atoms with Gasteiger partial charge in [-0.05, 0) is 49.9 Å². The quantitative estimate of drug-likeness (QED) is 0.733. The van der Waals surface area contributed by atoms with Crippen molar-refractivity contribution in [1.82, 2.24) is 4.98 Å². The number of amides is 1. The number of thiazole rings is 1. The van der Waals surface area contributed by atoms with Gasteiger partial charge in [-0.25, -0.2) is 4.98 Å². The van der Waals surface area contributed by atoms with Crippen LogP contribution in [0.5, 0.6) is 5.75 Å². The van der Waals surface area contributed by atoms with Crippen LogP contribution in [0.2, 0.25) is 0 Å². The number of rotatable bonds is 6. The van der Waals surface area contributed by atoms with Gasteiger partial charge in [0.25, 0.3) is 0 Å². The number of hydrogen-bond acceptors (Lipinski definition) is 4. The number of benzene rings is 1. The van der Waals surface area contributed by atoms with Crippen LogP contribution in [0, 0.1) is 12.8 Å². The minimum atomic E-state index is -2.84. The third kappa shape index (κ3) is 4.63. The van der Waals surface area contributed by atoms with E-state index < -0.39 is 6.61 Å².